The van der Waals surface area contributed by atoms with Gasteiger partial charge in [0, 0.05) is 5.69 Å². The lowest BCUT2D eigenvalue weighted by Gasteiger charge is -2.14. The third-order valence-electron chi connectivity index (χ3n) is 3.01. The number of nitrogens with zero attached hydrogens (tertiary/aromatic N) is 1. The molecule has 1 aliphatic carbocycles. The molecule has 2 N–H and O–H groups in total. The summed E-state index contributed by atoms with van der Waals surface area (Å²) in [5.41, 5.74) is 9.86. The van der Waals surface area contributed by atoms with E-state index >= 15 is 0 Å². The normalized spacial score (nSPS) is 16.0. The van der Waals surface area contributed by atoms with Crippen molar-refractivity contribution in [3.8, 4) is 0 Å². The van der Waals surface area contributed by atoms with Crippen LogP contribution in [0.3, 0.4) is 0 Å². The van der Waals surface area contributed by atoms with Crippen molar-refractivity contribution in [1.29, 1.82) is 0 Å². The Labute approximate surface area is 91.9 Å². The van der Waals surface area contributed by atoms with Gasteiger partial charge >= 0.3 is 0 Å². The molecule has 2 heteroatoms. The lowest BCUT2D eigenvalue weighted by atomic mass is 9.94. The zero-order valence-corrected chi connectivity index (χ0v) is 9.88. The summed E-state index contributed by atoms with van der Waals surface area (Å²) >= 11 is 0. The number of aryl methyl sites for hydroxylation is 1. The standard InChI is InChI=1S/C13H20N2/c1-8(2)6-11-9(3)15-13(14)7-12(11)10-4-5-10/h7-8,10H,4-6H2,1-3H3,(H2,14,15). The van der Waals surface area contributed by atoms with Crippen LogP contribution in [-0.4, -0.2) is 4.98 Å². The summed E-state index contributed by atoms with van der Waals surface area (Å²) in [4.78, 5) is 4.38. The van der Waals surface area contributed by atoms with Crippen molar-refractivity contribution >= 4 is 5.82 Å². The highest BCUT2D eigenvalue weighted by molar-refractivity contribution is 5.44. The van der Waals surface area contributed by atoms with Crippen LogP contribution in [0.2, 0.25) is 0 Å². The molecular weight excluding hydrogens is 184 g/mol. The minimum atomic E-state index is 0.682. The summed E-state index contributed by atoms with van der Waals surface area (Å²) in [5, 5.41) is 0. The number of pyridine rings is 1. The molecule has 82 valence electrons. The highest BCUT2D eigenvalue weighted by atomic mass is 14.8. The van der Waals surface area contributed by atoms with Crippen LogP contribution in [-0.2, 0) is 6.42 Å². The fourth-order valence-electron chi connectivity index (χ4n) is 2.18. The van der Waals surface area contributed by atoms with Crippen molar-refractivity contribution in [2.45, 2.75) is 46.0 Å². The molecule has 0 aromatic carbocycles. The fraction of sp³-hybridized carbons (Fsp3) is 0.615. The van der Waals surface area contributed by atoms with E-state index in [1.807, 2.05) is 0 Å². The Hall–Kier alpha value is -1.05. The maximum atomic E-state index is 5.81. The molecular formula is C13H20N2. The number of nitrogens with two attached hydrogens (primary N) is 1. The van der Waals surface area contributed by atoms with Gasteiger partial charge in [-0.05, 0) is 55.2 Å². The van der Waals surface area contributed by atoms with Gasteiger partial charge in [0.15, 0.2) is 0 Å². The summed E-state index contributed by atoms with van der Waals surface area (Å²) in [6.07, 6.45) is 3.78. The van der Waals surface area contributed by atoms with E-state index in [2.05, 4.69) is 31.8 Å². The third-order valence-corrected chi connectivity index (χ3v) is 3.01. The molecule has 1 heterocycles. The Morgan fingerprint density at radius 2 is 2.13 bits per heavy atom. The fourth-order valence-corrected chi connectivity index (χ4v) is 2.18. The molecule has 2 rings (SSSR count). The summed E-state index contributed by atoms with van der Waals surface area (Å²) in [6, 6.07) is 2.09. The van der Waals surface area contributed by atoms with E-state index in [-0.39, 0.29) is 0 Å². The monoisotopic (exact) mass is 204 g/mol. The van der Waals surface area contributed by atoms with E-state index in [1.165, 1.54) is 24.0 Å². The van der Waals surface area contributed by atoms with Gasteiger partial charge in [0.1, 0.15) is 5.82 Å². The van der Waals surface area contributed by atoms with E-state index in [0.29, 0.717) is 11.7 Å². The largest absolute Gasteiger partial charge is 0.384 e. The lowest BCUT2D eigenvalue weighted by Crippen LogP contribution is -2.05. The van der Waals surface area contributed by atoms with Crippen LogP contribution >= 0.6 is 0 Å². The van der Waals surface area contributed by atoms with Gasteiger partial charge in [0.2, 0.25) is 0 Å². The number of aromatic nitrogens is 1. The Balaban J connectivity index is 2.39. The van der Waals surface area contributed by atoms with E-state index < -0.39 is 0 Å². The Kier molecular flexibility index (Phi) is 2.68. The number of hydrogen-bond donors (Lipinski definition) is 1. The van der Waals surface area contributed by atoms with Crippen LogP contribution in [0, 0.1) is 12.8 Å². The van der Waals surface area contributed by atoms with Gasteiger partial charge in [-0.3, -0.25) is 0 Å². The second-order valence-corrected chi connectivity index (χ2v) is 5.07. The average Bonchev–Trinajstić information content (AvgIpc) is 2.91. The van der Waals surface area contributed by atoms with Crippen LogP contribution in [0.4, 0.5) is 5.82 Å². The molecule has 15 heavy (non-hydrogen) atoms. The number of hydrogen-bond acceptors (Lipinski definition) is 2. The quantitative estimate of drug-likeness (QED) is 0.822. The van der Waals surface area contributed by atoms with Crippen LogP contribution in [0.25, 0.3) is 0 Å². The van der Waals surface area contributed by atoms with Crippen molar-refractivity contribution < 1.29 is 0 Å². The minimum Gasteiger partial charge on any atom is -0.384 e. The van der Waals surface area contributed by atoms with E-state index in [1.54, 1.807) is 0 Å². The molecule has 0 amide bonds. The first-order valence-electron chi connectivity index (χ1n) is 5.83. The van der Waals surface area contributed by atoms with E-state index in [4.69, 9.17) is 5.73 Å². The van der Waals surface area contributed by atoms with E-state index in [9.17, 15) is 0 Å². The van der Waals surface area contributed by atoms with Crippen LogP contribution in [0.15, 0.2) is 6.07 Å². The zero-order chi connectivity index (χ0) is 11.0. The van der Waals surface area contributed by atoms with Gasteiger partial charge in [-0.25, -0.2) is 4.98 Å². The lowest BCUT2D eigenvalue weighted by molar-refractivity contribution is 0.637. The van der Waals surface area contributed by atoms with Gasteiger partial charge in [-0.15, -0.1) is 0 Å². The predicted octanol–water partition coefficient (Wildman–Crippen LogP) is 3.05. The minimum absolute atomic E-state index is 0.682. The molecule has 0 saturated heterocycles. The molecule has 1 aromatic heterocycles. The van der Waals surface area contributed by atoms with Crippen molar-refractivity contribution in [2.75, 3.05) is 5.73 Å². The van der Waals surface area contributed by atoms with Crippen molar-refractivity contribution in [3.05, 3.63) is 22.9 Å². The molecule has 0 radical (unpaired) electrons. The smallest absolute Gasteiger partial charge is 0.123 e. The maximum Gasteiger partial charge on any atom is 0.123 e. The molecule has 0 bridgehead atoms. The summed E-state index contributed by atoms with van der Waals surface area (Å²) in [5.74, 6) is 2.14. The number of rotatable bonds is 3. The maximum absolute atomic E-state index is 5.81. The number of nitrogen functional groups attached to an aromatic ring is 1. The van der Waals surface area contributed by atoms with Crippen LogP contribution in [0.1, 0.15) is 49.4 Å². The molecule has 1 saturated carbocycles. The first-order valence-corrected chi connectivity index (χ1v) is 5.83. The summed E-state index contributed by atoms with van der Waals surface area (Å²) in [7, 11) is 0. The molecule has 0 spiro atoms. The number of anilines is 1. The second kappa shape index (κ2) is 3.84. The first-order chi connectivity index (χ1) is 7.08. The van der Waals surface area contributed by atoms with Crippen molar-refractivity contribution in [2.24, 2.45) is 5.92 Å². The van der Waals surface area contributed by atoms with Crippen LogP contribution < -0.4 is 5.73 Å². The summed E-state index contributed by atoms with van der Waals surface area (Å²) in [6.45, 7) is 6.60. The van der Waals surface area contributed by atoms with Gasteiger partial charge in [-0.2, -0.15) is 0 Å². The predicted molar refractivity (Wildman–Crippen MR) is 63.9 cm³/mol. The molecule has 1 aliphatic rings. The SMILES string of the molecule is Cc1nc(N)cc(C2CC2)c1CC(C)C. The van der Waals surface area contributed by atoms with E-state index in [0.717, 1.165) is 18.0 Å². The molecule has 1 aromatic rings. The molecule has 0 aliphatic heterocycles. The molecule has 0 unspecified atom stereocenters. The van der Waals surface area contributed by atoms with Gasteiger partial charge in [0.05, 0.1) is 0 Å². The first kappa shape index (κ1) is 10.5. The van der Waals surface area contributed by atoms with Gasteiger partial charge in [0.25, 0.3) is 0 Å². The van der Waals surface area contributed by atoms with Crippen molar-refractivity contribution in [3.63, 3.8) is 0 Å². The Morgan fingerprint density at radius 1 is 1.47 bits per heavy atom. The van der Waals surface area contributed by atoms with Crippen LogP contribution in [0.5, 0.6) is 0 Å². The highest BCUT2D eigenvalue weighted by Gasteiger charge is 2.27. The molecule has 1 fully saturated rings. The summed E-state index contributed by atoms with van der Waals surface area (Å²) < 4.78 is 0. The topological polar surface area (TPSA) is 38.9 Å². The molecule has 2 nitrogen and oxygen atoms in total. The Bertz CT molecular complexity index is 365. The second-order valence-electron chi connectivity index (χ2n) is 5.07. The third kappa shape index (κ3) is 2.31. The average molecular weight is 204 g/mol. The highest BCUT2D eigenvalue weighted by Crippen LogP contribution is 2.43. The van der Waals surface area contributed by atoms with Gasteiger partial charge < -0.3 is 5.73 Å². The van der Waals surface area contributed by atoms with Crippen molar-refractivity contribution in [1.82, 2.24) is 4.98 Å². The van der Waals surface area contributed by atoms with Gasteiger partial charge in [-0.1, -0.05) is 13.8 Å². The Morgan fingerprint density at radius 3 is 2.67 bits per heavy atom. The molecule has 0 atom stereocenters. The zero-order valence-electron chi connectivity index (χ0n) is 9.88.